The van der Waals surface area contributed by atoms with Gasteiger partial charge in [-0.15, -0.1) is 0 Å². The molecule has 0 saturated heterocycles. The van der Waals surface area contributed by atoms with Gasteiger partial charge in [0.15, 0.2) is 0 Å². The number of benzene rings is 2. The van der Waals surface area contributed by atoms with Crippen molar-refractivity contribution in [3.8, 4) is 11.1 Å². The molecule has 0 fully saturated rings. The highest BCUT2D eigenvalue weighted by molar-refractivity contribution is 5.84. The van der Waals surface area contributed by atoms with Crippen LogP contribution in [0.15, 0.2) is 48.5 Å². The molecule has 0 radical (unpaired) electrons. The first kappa shape index (κ1) is 41.5. The Hall–Kier alpha value is -3.88. The van der Waals surface area contributed by atoms with Gasteiger partial charge in [0.05, 0.1) is 7.11 Å². The van der Waals surface area contributed by atoms with E-state index >= 15 is 0 Å². The Morgan fingerprint density at radius 2 is 1.16 bits per heavy atom. The van der Waals surface area contributed by atoms with Crippen LogP contribution < -0.4 is 10.6 Å². The molecule has 2 N–H and O–H groups in total. The zero-order valence-electron chi connectivity index (χ0n) is 31.6. The lowest BCUT2D eigenvalue weighted by atomic mass is 9.98. The van der Waals surface area contributed by atoms with Crippen molar-refractivity contribution in [3.63, 3.8) is 0 Å². The molecule has 2 aromatic rings. The topological polar surface area (TPSA) is 120 Å². The Bertz CT molecular complexity index is 1320. The summed E-state index contributed by atoms with van der Waals surface area (Å²) in [5.74, 6) is -0.844. The number of unbranched alkanes of at least 4 members (excludes halogenated alkanes) is 13. The van der Waals surface area contributed by atoms with Crippen molar-refractivity contribution in [2.45, 2.75) is 147 Å². The van der Waals surface area contributed by atoms with Gasteiger partial charge in [-0.05, 0) is 62.3 Å². The van der Waals surface area contributed by atoms with Crippen molar-refractivity contribution in [2.24, 2.45) is 0 Å². The van der Waals surface area contributed by atoms with Gasteiger partial charge in [0, 0.05) is 25.3 Å². The smallest absolute Gasteiger partial charge is 0.407 e. The lowest BCUT2D eigenvalue weighted by Gasteiger charge is -2.19. The minimum Gasteiger partial charge on any atom is -0.467 e. The molecule has 0 unspecified atom stereocenters. The first-order valence-corrected chi connectivity index (χ1v) is 19.3. The van der Waals surface area contributed by atoms with Gasteiger partial charge >= 0.3 is 18.0 Å². The molecule has 1 aliphatic rings. The average Bonchev–Trinajstić information content (AvgIpc) is 3.42. The minimum absolute atomic E-state index is 0.0348. The van der Waals surface area contributed by atoms with Crippen LogP contribution in [0.25, 0.3) is 11.1 Å². The first-order chi connectivity index (χ1) is 24.6. The van der Waals surface area contributed by atoms with Crippen molar-refractivity contribution in [3.05, 3.63) is 59.7 Å². The number of nitrogens with one attached hydrogen (secondary N) is 2. The van der Waals surface area contributed by atoms with E-state index < -0.39 is 23.7 Å². The number of amides is 2. The summed E-state index contributed by atoms with van der Waals surface area (Å²) in [5, 5.41) is 5.49. The van der Waals surface area contributed by atoms with E-state index in [4.69, 9.17) is 14.2 Å². The summed E-state index contributed by atoms with van der Waals surface area (Å²) >= 11 is 0. The van der Waals surface area contributed by atoms with E-state index in [1.165, 1.54) is 64.9 Å². The maximum Gasteiger partial charge on any atom is 0.407 e. The summed E-state index contributed by atoms with van der Waals surface area (Å²) < 4.78 is 15.8. The fraction of sp³-hybridized carbons (Fsp3) is 0.619. The summed E-state index contributed by atoms with van der Waals surface area (Å²) in [5.41, 5.74) is 4.21. The molecule has 51 heavy (non-hydrogen) atoms. The highest BCUT2D eigenvalue weighted by Crippen LogP contribution is 2.44. The van der Waals surface area contributed by atoms with Crippen LogP contribution in [-0.4, -0.2) is 55.8 Å². The highest BCUT2D eigenvalue weighted by Gasteiger charge is 2.29. The van der Waals surface area contributed by atoms with E-state index in [0.29, 0.717) is 12.8 Å². The second-order valence-corrected chi connectivity index (χ2v) is 14.7. The Labute approximate surface area is 306 Å². The van der Waals surface area contributed by atoms with Crippen LogP contribution in [0.4, 0.5) is 4.79 Å². The predicted molar refractivity (Wildman–Crippen MR) is 201 cm³/mol. The second-order valence-electron chi connectivity index (χ2n) is 14.7. The van der Waals surface area contributed by atoms with Crippen molar-refractivity contribution in [1.82, 2.24) is 10.6 Å². The third-order valence-corrected chi connectivity index (χ3v) is 9.32. The Kier molecular flexibility index (Phi) is 18.6. The molecule has 3 rings (SSSR count). The number of methoxy groups -OCH3 is 1. The van der Waals surface area contributed by atoms with Gasteiger partial charge in [0.25, 0.3) is 0 Å². The highest BCUT2D eigenvalue weighted by atomic mass is 16.6. The summed E-state index contributed by atoms with van der Waals surface area (Å²) in [4.78, 5) is 49.2. The van der Waals surface area contributed by atoms with Crippen LogP contribution in [0.1, 0.15) is 147 Å². The molecule has 0 spiro atoms. The number of hydrogen-bond donors (Lipinski definition) is 2. The van der Waals surface area contributed by atoms with E-state index in [0.717, 1.165) is 54.4 Å². The predicted octanol–water partition coefficient (Wildman–Crippen LogP) is 9.16. The Morgan fingerprint density at radius 1 is 0.686 bits per heavy atom. The van der Waals surface area contributed by atoms with E-state index in [9.17, 15) is 19.2 Å². The van der Waals surface area contributed by atoms with E-state index in [2.05, 4.69) is 34.9 Å². The fourth-order valence-corrected chi connectivity index (χ4v) is 6.69. The van der Waals surface area contributed by atoms with Gasteiger partial charge in [-0.3, -0.25) is 9.59 Å². The molecule has 0 heterocycles. The number of alkyl carbamates (subject to hydrolysis) is 1. The lowest BCUT2D eigenvalue weighted by molar-refractivity contribution is -0.155. The second kappa shape index (κ2) is 22.8. The molecule has 2 aromatic carbocycles. The van der Waals surface area contributed by atoms with E-state index in [-0.39, 0.29) is 37.4 Å². The molecule has 282 valence electrons. The van der Waals surface area contributed by atoms with E-state index in [1.807, 2.05) is 45.0 Å². The van der Waals surface area contributed by atoms with Crippen LogP contribution in [0.3, 0.4) is 0 Å². The van der Waals surface area contributed by atoms with Gasteiger partial charge in [0.1, 0.15) is 18.2 Å². The molecule has 0 aliphatic heterocycles. The third-order valence-electron chi connectivity index (χ3n) is 9.32. The number of ether oxygens (including phenoxy) is 3. The number of esters is 2. The van der Waals surface area contributed by atoms with Gasteiger partial charge in [-0.2, -0.15) is 0 Å². The zero-order chi connectivity index (χ0) is 36.9. The molecule has 9 nitrogen and oxygen atoms in total. The van der Waals surface area contributed by atoms with Crippen molar-refractivity contribution >= 4 is 23.9 Å². The molecule has 0 bridgehead atoms. The number of hydrogen-bond acceptors (Lipinski definition) is 7. The van der Waals surface area contributed by atoms with Gasteiger partial charge in [0.2, 0.25) is 5.91 Å². The molecular weight excluding hydrogens is 644 g/mol. The number of carbonyl (C=O) groups is 4. The number of carbonyl (C=O) groups excluding carboxylic acids is 4. The molecule has 0 aromatic heterocycles. The van der Waals surface area contributed by atoms with Crippen molar-refractivity contribution < 1.29 is 33.4 Å². The monoisotopic (exact) mass is 706 g/mol. The van der Waals surface area contributed by atoms with Crippen LogP contribution in [0.2, 0.25) is 0 Å². The maximum absolute atomic E-state index is 12.6. The third kappa shape index (κ3) is 15.9. The van der Waals surface area contributed by atoms with Gasteiger partial charge in [-0.1, -0.05) is 126 Å². The largest absolute Gasteiger partial charge is 0.467 e. The Morgan fingerprint density at radius 3 is 1.65 bits per heavy atom. The van der Waals surface area contributed by atoms with Crippen LogP contribution in [0, 0.1) is 0 Å². The summed E-state index contributed by atoms with van der Waals surface area (Å²) in [6.07, 6.45) is 16.5. The SMILES string of the molecule is COC(=O)[C@H](CCNC(=O)OCC1c2ccccc2-c2ccccc21)NC(=O)CCCCCCCCCCCCCCCCC(=O)OC(C)(C)C. The quantitative estimate of drug-likeness (QED) is 0.0635. The minimum atomic E-state index is -0.833. The molecule has 0 saturated carbocycles. The number of fused-ring (bicyclic) bond motifs is 3. The fourth-order valence-electron chi connectivity index (χ4n) is 6.69. The summed E-state index contributed by atoms with van der Waals surface area (Å²) in [6.45, 7) is 6.08. The van der Waals surface area contributed by atoms with Crippen LogP contribution in [0.5, 0.6) is 0 Å². The zero-order valence-corrected chi connectivity index (χ0v) is 31.6. The molecular formula is C42H62N2O7. The van der Waals surface area contributed by atoms with Crippen LogP contribution in [-0.2, 0) is 28.6 Å². The molecule has 2 amide bonds. The normalized spacial score (nSPS) is 12.8. The maximum atomic E-state index is 12.6. The average molecular weight is 707 g/mol. The summed E-state index contributed by atoms with van der Waals surface area (Å²) in [6, 6.07) is 15.5. The standard InChI is InChI=1S/C42H62N2O7/c1-42(2,3)51-39(46)28-18-16-14-12-10-8-6-5-7-9-11-13-15-17-27-38(45)44-37(40(47)49-4)29-30-43-41(48)50-31-36-34-25-21-19-23-32(34)33-24-20-22-26-35(33)36/h19-26,36-37H,5-18,27-31H2,1-4H3,(H,43,48)(H,44,45)/t37-/m0/s1. The van der Waals surface area contributed by atoms with Gasteiger partial charge < -0.3 is 24.8 Å². The summed E-state index contributed by atoms with van der Waals surface area (Å²) in [7, 11) is 1.29. The van der Waals surface area contributed by atoms with Crippen molar-refractivity contribution in [2.75, 3.05) is 20.3 Å². The number of rotatable bonds is 24. The first-order valence-electron chi connectivity index (χ1n) is 19.3. The lowest BCUT2D eigenvalue weighted by Crippen LogP contribution is -2.43. The molecule has 9 heteroatoms. The van der Waals surface area contributed by atoms with E-state index in [1.54, 1.807) is 0 Å². The van der Waals surface area contributed by atoms with Crippen molar-refractivity contribution in [1.29, 1.82) is 0 Å². The molecule has 1 atom stereocenters. The molecule has 1 aliphatic carbocycles. The Balaban J connectivity index is 1.17. The van der Waals surface area contributed by atoms with Crippen LogP contribution >= 0.6 is 0 Å². The van der Waals surface area contributed by atoms with Gasteiger partial charge in [-0.25, -0.2) is 9.59 Å².